The van der Waals surface area contributed by atoms with Gasteiger partial charge in [-0.1, -0.05) is 41.9 Å². The molecule has 0 aliphatic carbocycles. The quantitative estimate of drug-likeness (QED) is 0.422. The predicted molar refractivity (Wildman–Crippen MR) is 130 cm³/mol. The fourth-order valence-corrected chi connectivity index (χ4v) is 4.90. The molecule has 2 aliphatic rings. The van der Waals surface area contributed by atoms with Gasteiger partial charge in [0.1, 0.15) is 24.2 Å². The summed E-state index contributed by atoms with van der Waals surface area (Å²) in [5.41, 5.74) is 4.84. The molecule has 0 radical (unpaired) electrons. The van der Waals surface area contributed by atoms with E-state index in [2.05, 4.69) is 15.4 Å². The zero-order valence-electron chi connectivity index (χ0n) is 18.5. The van der Waals surface area contributed by atoms with Crippen LogP contribution in [0.3, 0.4) is 0 Å². The van der Waals surface area contributed by atoms with Crippen molar-refractivity contribution >= 4 is 23.2 Å². The number of benzene rings is 3. The molecule has 2 aliphatic heterocycles. The molecule has 0 saturated carbocycles. The van der Waals surface area contributed by atoms with Crippen LogP contribution in [-0.2, 0) is 0 Å². The van der Waals surface area contributed by atoms with Crippen molar-refractivity contribution in [2.24, 2.45) is 0 Å². The van der Waals surface area contributed by atoms with Crippen molar-refractivity contribution in [2.75, 3.05) is 19.5 Å². The molecular weight excluding hydrogens is 452 g/mol. The van der Waals surface area contributed by atoms with Crippen molar-refractivity contribution in [1.29, 1.82) is 0 Å². The van der Waals surface area contributed by atoms with Crippen LogP contribution >= 0.6 is 11.6 Å². The number of para-hydroxylation sites is 1. The molecule has 7 nitrogen and oxygen atoms in total. The van der Waals surface area contributed by atoms with Gasteiger partial charge in [-0.3, -0.25) is 0 Å². The van der Waals surface area contributed by atoms with E-state index in [0.29, 0.717) is 22.5 Å². The summed E-state index contributed by atoms with van der Waals surface area (Å²) in [6.45, 7) is 0. The van der Waals surface area contributed by atoms with E-state index in [1.165, 1.54) is 0 Å². The van der Waals surface area contributed by atoms with Gasteiger partial charge in [-0.15, -0.1) is 0 Å². The molecule has 2 unspecified atom stereocenters. The lowest BCUT2D eigenvalue weighted by Crippen LogP contribution is -2.32. The van der Waals surface area contributed by atoms with Crippen LogP contribution in [0, 0.1) is 0 Å². The number of fused-ring (bicyclic) bond motifs is 3. The maximum Gasteiger partial charge on any atom is 0.226 e. The van der Waals surface area contributed by atoms with Gasteiger partial charge in [0.15, 0.2) is 11.5 Å². The summed E-state index contributed by atoms with van der Waals surface area (Å²) in [5.74, 6) is 2.73. The van der Waals surface area contributed by atoms with Crippen molar-refractivity contribution < 1.29 is 14.2 Å². The van der Waals surface area contributed by atoms with E-state index in [4.69, 9.17) is 25.8 Å². The zero-order chi connectivity index (χ0) is 23.2. The van der Waals surface area contributed by atoms with Crippen molar-refractivity contribution in [3.63, 3.8) is 0 Å². The predicted octanol–water partition coefficient (Wildman–Crippen LogP) is 5.51. The van der Waals surface area contributed by atoms with Crippen molar-refractivity contribution in [2.45, 2.75) is 12.1 Å². The molecule has 2 atom stereocenters. The largest absolute Gasteiger partial charge is 0.493 e. The standard InChI is InChI=1S/C26H21ClN4O3/c1-32-20-11-10-16(13-21(20)33-2)25-22-23(18-8-3-4-9-19(18)34-25)30-26-28-14-29-31(26)24(22)15-6-5-7-17(27)12-15/h3-14,24-25H,1-2H3,(H,28,29,30). The molecule has 0 amide bonds. The van der Waals surface area contributed by atoms with Crippen LogP contribution in [-0.4, -0.2) is 29.0 Å². The first kappa shape index (κ1) is 20.6. The number of methoxy groups -OCH3 is 2. The number of ether oxygens (including phenoxy) is 3. The highest BCUT2D eigenvalue weighted by molar-refractivity contribution is 6.30. The SMILES string of the molecule is COc1ccc(C2Oc3ccccc3C3=C2C(c2cccc(Cl)c2)n2ncnc2N3)cc1OC. The highest BCUT2D eigenvalue weighted by Gasteiger charge is 2.41. The first-order chi connectivity index (χ1) is 16.7. The average Bonchev–Trinajstić information content (AvgIpc) is 3.34. The molecule has 0 spiro atoms. The first-order valence-corrected chi connectivity index (χ1v) is 11.2. The van der Waals surface area contributed by atoms with Gasteiger partial charge in [0, 0.05) is 21.7 Å². The molecule has 4 aromatic rings. The van der Waals surface area contributed by atoms with Crippen molar-refractivity contribution in [3.8, 4) is 17.2 Å². The Morgan fingerprint density at radius 2 is 1.79 bits per heavy atom. The number of hydrogen-bond acceptors (Lipinski definition) is 6. The summed E-state index contributed by atoms with van der Waals surface area (Å²) >= 11 is 6.41. The minimum Gasteiger partial charge on any atom is -0.493 e. The van der Waals surface area contributed by atoms with E-state index < -0.39 is 6.10 Å². The van der Waals surface area contributed by atoms with E-state index in [1.54, 1.807) is 20.5 Å². The summed E-state index contributed by atoms with van der Waals surface area (Å²) in [7, 11) is 3.25. The molecule has 3 heterocycles. The summed E-state index contributed by atoms with van der Waals surface area (Å²) < 4.78 is 19.6. The number of rotatable bonds is 4. The Morgan fingerprint density at radius 1 is 0.941 bits per heavy atom. The number of aromatic nitrogens is 3. The van der Waals surface area contributed by atoms with Gasteiger partial charge in [0.05, 0.1) is 19.9 Å². The normalized spacial score (nSPS) is 18.2. The van der Waals surface area contributed by atoms with Crippen LogP contribution in [0.15, 0.2) is 78.6 Å². The molecule has 34 heavy (non-hydrogen) atoms. The van der Waals surface area contributed by atoms with E-state index in [1.807, 2.05) is 71.4 Å². The number of hydrogen-bond donors (Lipinski definition) is 1. The van der Waals surface area contributed by atoms with E-state index >= 15 is 0 Å². The van der Waals surface area contributed by atoms with Crippen LogP contribution in [0.2, 0.25) is 5.02 Å². The maximum atomic E-state index is 6.65. The summed E-state index contributed by atoms with van der Waals surface area (Å²) in [4.78, 5) is 4.46. The highest BCUT2D eigenvalue weighted by atomic mass is 35.5. The van der Waals surface area contributed by atoms with Gasteiger partial charge in [0.2, 0.25) is 5.95 Å². The lowest BCUT2D eigenvalue weighted by atomic mass is 9.84. The third kappa shape index (κ3) is 3.20. The van der Waals surface area contributed by atoms with E-state index in [0.717, 1.165) is 33.7 Å². The minimum atomic E-state index is -0.418. The zero-order valence-corrected chi connectivity index (χ0v) is 19.3. The van der Waals surface area contributed by atoms with Gasteiger partial charge >= 0.3 is 0 Å². The fourth-order valence-electron chi connectivity index (χ4n) is 4.71. The van der Waals surface area contributed by atoms with Gasteiger partial charge in [-0.05, 0) is 42.0 Å². The fraction of sp³-hybridized carbons (Fsp3) is 0.154. The number of nitrogens with one attached hydrogen (secondary N) is 1. The summed E-state index contributed by atoms with van der Waals surface area (Å²) in [6.07, 6.45) is 1.13. The average molecular weight is 473 g/mol. The van der Waals surface area contributed by atoms with Crippen molar-refractivity contribution in [1.82, 2.24) is 14.8 Å². The lowest BCUT2D eigenvalue weighted by molar-refractivity contribution is 0.222. The third-order valence-electron chi connectivity index (χ3n) is 6.20. The Morgan fingerprint density at radius 3 is 2.62 bits per heavy atom. The molecule has 170 valence electrons. The molecule has 0 fully saturated rings. The second kappa shape index (κ2) is 8.11. The molecule has 8 heteroatoms. The first-order valence-electron chi connectivity index (χ1n) is 10.8. The van der Waals surface area contributed by atoms with Crippen molar-refractivity contribution in [3.05, 3.63) is 100 Å². The second-order valence-electron chi connectivity index (χ2n) is 8.05. The molecular formula is C26H21ClN4O3. The number of nitrogens with zero attached hydrogens (tertiary/aromatic N) is 3. The molecule has 6 rings (SSSR count). The topological polar surface area (TPSA) is 70.4 Å². The molecule has 3 aromatic carbocycles. The monoisotopic (exact) mass is 472 g/mol. The van der Waals surface area contributed by atoms with Gasteiger partial charge < -0.3 is 19.5 Å². The number of halogens is 1. The Kier molecular flexibility index (Phi) is 4.92. The third-order valence-corrected chi connectivity index (χ3v) is 6.43. The van der Waals surface area contributed by atoms with Crippen LogP contribution in [0.25, 0.3) is 5.70 Å². The Labute approximate surface area is 201 Å². The smallest absolute Gasteiger partial charge is 0.226 e. The maximum absolute atomic E-state index is 6.65. The summed E-state index contributed by atoms with van der Waals surface area (Å²) in [5, 5.41) is 8.70. The van der Waals surface area contributed by atoms with Gasteiger partial charge in [-0.2, -0.15) is 10.1 Å². The molecule has 0 saturated heterocycles. The van der Waals surface area contributed by atoms with Crippen LogP contribution in [0.1, 0.15) is 28.8 Å². The Hall–Kier alpha value is -3.97. The number of anilines is 1. The molecule has 1 aromatic heterocycles. The lowest BCUT2D eigenvalue weighted by Gasteiger charge is -2.39. The van der Waals surface area contributed by atoms with E-state index in [-0.39, 0.29) is 6.04 Å². The Balaban J connectivity index is 1.61. The second-order valence-corrected chi connectivity index (χ2v) is 8.49. The minimum absolute atomic E-state index is 0.279. The molecule has 0 bridgehead atoms. The molecule has 1 N–H and O–H groups in total. The Bertz CT molecular complexity index is 1430. The van der Waals surface area contributed by atoms with E-state index in [9.17, 15) is 0 Å². The van der Waals surface area contributed by atoms with Crippen LogP contribution in [0.5, 0.6) is 17.2 Å². The van der Waals surface area contributed by atoms with Crippen LogP contribution in [0.4, 0.5) is 5.95 Å². The highest BCUT2D eigenvalue weighted by Crippen LogP contribution is 2.51. The summed E-state index contributed by atoms with van der Waals surface area (Å²) in [6, 6.07) is 21.4. The van der Waals surface area contributed by atoms with Gasteiger partial charge in [0.25, 0.3) is 0 Å². The van der Waals surface area contributed by atoms with Gasteiger partial charge in [-0.25, -0.2) is 4.68 Å². The van der Waals surface area contributed by atoms with Crippen LogP contribution < -0.4 is 19.5 Å².